The highest BCUT2D eigenvalue weighted by atomic mass is 16.6. The fourth-order valence-corrected chi connectivity index (χ4v) is 6.88. The van der Waals surface area contributed by atoms with Crippen molar-refractivity contribution < 1.29 is 18.6 Å². The van der Waals surface area contributed by atoms with Gasteiger partial charge in [-0.2, -0.15) is 0 Å². The average Bonchev–Trinajstić information content (AvgIpc) is 3.77. The maximum atomic E-state index is 7.36. The molecule has 2 heterocycles. The molecule has 0 bridgehead atoms. The summed E-state index contributed by atoms with van der Waals surface area (Å²) in [6, 6.07) is 13.4. The lowest BCUT2D eigenvalue weighted by molar-refractivity contribution is 0.310. The van der Waals surface area contributed by atoms with Gasteiger partial charge in [-0.15, -0.1) is 0 Å². The molecule has 222 valence electrons. The van der Waals surface area contributed by atoms with Crippen LogP contribution in [0.4, 0.5) is 0 Å². The van der Waals surface area contributed by atoms with E-state index in [2.05, 4.69) is 55.6 Å². The van der Waals surface area contributed by atoms with E-state index >= 15 is 0 Å². The van der Waals surface area contributed by atoms with E-state index in [4.69, 9.17) is 24.4 Å². The molecule has 8 heteroatoms. The molecule has 5 rings (SSSR count). The van der Waals surface area contributed by atoms with E-state index in [1.807, 2.05) is 0 Å². The molecule has 1 unspecified atom stereocenters. The third-order valence-electron chi connectivity index (χ3n) is 9.12. The fourth-order valence-electron chi connectivity index (χ4n) is 6.88. The van der Waals surface area contributed by atoms with Crippen LogP contribution in [0.5, 0.6) is 0 Å². The maximum Gasteiger partial charge on any atom is 0.494 e. The second-order valence-electron chi connectivity index (χ2n) is 12.1. The van der Waals surface area contributed by atoms with Crippen LogP contribution in [-0.2, 0) is 24.2 Å². The third-order valence-corrected chi connectivity index (χ3v) is 9.12. The van der Waals surface area contributed by atoms with Crippen molar-refractivity contribution in [2.75, 3.05) is 33.0 Å². The molecule has 0 amide bonds. The number of fused-ring (bicyclic) bond motifs is 3. The molecule has 0 saturated carbocycles. The zero-order valence-corrected chi connectivity index (χ0v) is 25.4. The Hall–Kier alpha value is -1.67. The van der Waals surface area contributed by atoms with Crippen molar-refractivity contribution in [2.24, 2.45) is 5.73 Å². The van der Waals surface area contributed by atoms with Crippen LogP contribution >= 0.6 is 0 Å². The molecule has 6 nitrogen and oxygen atoms in total. The number of benzene rings is 2. The second kappa shape index (κ2) is 15.2. The van der Waals surface area contributed by atoms with Crippen molar-refractivity contribution in [3.8, 4) is 11.1 Å². The molecule has 0 radical (unpaired) electrons. The molecule has 2 aromatic carbocycles. The van der Waals surface area contributed by atoms with E-state index in [9.17, 15) is 0 Å². The van der Waals surface area contributed by atoms with E-state index in [0.717, 1.165) is 36.7 Å². The maximum absolute atomic E-state index is 7.36. The molecular weight excluding hydrogens is 510 g/mol. The number of hydrogen-bond donors (Lipinski definition) is 2. The average molecular weight is 560 g/mol. The van der Waals surface area contributed by atoms with Crippen LogP contribution in [0.25, 0.3) is 11.1 Å². The summed E-state index contributed by atoms with van der Waals surface area (Å²) in [7, 11) is -0.636. The topological polar surface area (TPSA) is 75.0 Å². The molecule has 3 aliphatic rings. The first-order chi connectivity index (χ1) is 20.2. The van der Waals surface area contributed by atoms with Gasteiger partial charge in [0.15, 0.2) is 0 Å². The summed E-state index contributed by atoms with van der Waals surface area (Å²) in [5.74, 6) is 0. The first-order valence-corrected chi connectivity index (χ1v) is 16.4. The standard InChI is InChI=1S/C33H50B2N2O4/c1-3-5-7-9-11-13-19-37-33(32(36)14-12-10-8-6-4-2)30-24-26(34-38-20-21-39-34)15-17-28(30)29-18-16-27(25-31(29)33)35-40-22-23-41-35/h15-18,24-25,32,37H,3-14,19-23,36H2,1-2H3. The minimum Gasteiger partial charge on any atom is -0.405 e. The molecule has 3 N–H and O–H groups in total. The smallest absolute Gasteiger partial charge is 0.405 e. The highest BCUT2D eigenvalue weighted by molar-refractivity contribution is 6.62. The Morgan fingerprint density at radius 2 is 1.15 bits per heavy atom. The zero-order chi connectivity index (χ0) is 28.5. The number of unbranched alkanes of at least 4 members (excludes halogenated alkanes) is 9. The highest BCUT2D eigenvalue weighted by Gasteiger charge is 2.48. The van der Waals surface area contributed by atoms with Crippen LogP contribution in [0.3, 0.4) is 0 Å². The summed E-state index contributed by atoms with van der Waals surface area (Å²) in [6.45, 7) is 7.99. The molecule has 41 heavy (non-hydrogen) atoms. The molecule has 2 saturated heterocycles. The monoisotopic (exact) mass is 560 g/mol. The van der Waals surface area contributed by atoms with E-state index in [1.54, 1.807) is 0 Å². The van der Waals surface area contributed by atoms with Crippen LogP contribution in [0.2, 0.25) is 0 Å². The van der Waals surface area contributed by atoms with Crippen molar-refractivity contribution in [3.63, 3.8) is 0 Å². The van der Waals surface area contributed by atoms with Gasteiger partial charge in [0.2, 0.25) is 0 Å². The first kappa shape index (κ1) is 30.8. The van der Waals surface area contributed by atoms with Gasteiger partial charge >= 0.3 is 14.2 Å². The largest absolute Gasteiger partial charge is 0.494 e. The van der Waals surface area contributed by atoms with E-state index in [1.165, 1.54) is 80.0 Å². The van der Waals surface area contributed by atoms with Gasteiger partial charge in [0.1, 0.15) is 0 Å². The molecule has 2 aliphatic heterocycles. The van der Waals surface area contributed by atoms with E-state index < -0.39 is 5.54 Å². The first-order valence-electron chi connectivity index (χ1n) is 16.4. The Balaban J connectivity index is 1.50. The quantitative estimate of drug-likeness (QED) is 0.209. The number of rotatable bonds is 17. The van der Waals surface area contributed by atoms with Crippen molar-refractivity contribution in [3.05, 3.63) is 47.5 Å². The van der Waals surface area contributed by atoms with Crippen LogP contribution in [0.15, 0.2) is 36.4 Å². The van der Waals surface area contributed by atoms with Gasteiger partial charge in [-0.1, -0.05) is 114 Å². The van der Waals surface area contributed by atoms with Crippen LogP contribution < -0.4 is 22.0 Å². The predicted molar refractivity (Wildman–Crippen MR) is 170 cm³/mol. The molecular formula is C33H50B2N2O4. The summed E-state index contributed by atoms with van der Waals surface area (Å²) in [5, 5.41) is 4.10. The van der Waals surface area contributed by atoms with E-state index in [-0.39, 0.29) is 20.3 Å². The Morgan fingerprint density at radius 1 is 0.683 bits per heavy atom. The molecule has 0 aromatic heterocycles. The Bertz CT molecular complexity index is 1040. The van der Waals surface area contributed by atoms with Crippen LogP contribution in [0.1, 0.15) is 102 Å². The Morgan fingerprint density at radius 3 is 1.66 bits per heavy atom. The van der Waals surface area contributed by atoms with E-state index in [0.29, 0.717) is 26.4 Å². The summed E-state index contributed by atoms with van der Waals surface area (Å²) in [5.41, 5.74) is 14.0. The molecule has 0 spiro atoms. The molecule has 1 atom stereocenters. The van der Waals surface area contributed by atoms with Gasteiger partial charge in [0, 0.05) is 6.04 Å². The molecule has 2 fully saturated rings. The normalized spacial score (nSPS) is 18.2. The van der Waals surface area contributed by atoms with Crippen molar-refractivity contribution >= 4 is 25.2 Å². The minimum absolute atomic E-state index is 0.0782. The van der Waals surface area contributed by atoms with Gasteiger partial charge in [-0.25, -0.2) is 0 Å². The summed E-state index contributed by atoms with van der Waals surface area (Å²) in [4.78, 5) is 0. The van der Waals surface area contributed by atoms with Gasteiger partial charge in [-0.05, 0) is 52.6 Å². The van der Waals surface area contributed by atoms with Crippen LogP contribution in [-0.4, -0.2) is 53.3 Å². The zero-order valence-electron chi connectivity index (χ0n) is 25.4. The number of hydrogen-bond acceptors (Lipinski definition) is 6. The predicted octanol–water partition coefficient (Wildman–Crippen LogP) is 5.03. The second-order valence-corrected chi connectivity index (χ2v) is 12.1. The lowest BCUT2D eigenvalue weighted by Gasteiger charge is -2.39. The van der Waals surface area contributed by atoms with Gasteiger partial charge in [-0.3, -0.25) is 0 Å². The molecule has 2 aromatic rings. The number of nitrogens with one attached hydrogen (secondary N) is 1. The minimum atomic E-state index is -0.498. The van der Waals surface area contributed by atoms with Crippen molar-refractivity contribution in [2.45, 2.75) is 102 Å². The fraction of sp³-hybridized carbons (Fsp3) is 0.636. The van der Waals surface area contributed by atoms with Crippen molar-refractivity contribution in [1.29, 1.82) is 0 Å². The SMILES string of the molecule is CCCCCCCCNC1(C(N)CCCCCCC)c2cc(B3OCCO3)ccc2-c2ccc(B3OCCO3)cc21. The van der Waals surface area contributed by atoms with Crippen molar-refractivity contribution in [1.82, 2.24) is 5.32 Å². The van der Waals surface area contributed by atoms with Gasteiger partial charge < -0.3 is 29.7 Å². The highest BCUT2D eigenvalue weighted by Crippen LogP contribution is 2.49. The Kier molecular flexibility index (Phi) is 11.4. The summed E-state index contributed by atoms with van der Waals surface area (Å²) >= 11 is 0. The third kappa shape index (κ3) is 6.95. The number of nitrogens with two attached hydrogens (primary N) is 1. The summed E-state index contributed by atoms with van der Waals surface area (Å²) < 4.78 is 23.7. The van der Waals surface area contributed by atoms with Gasteiger partial charge in [0.05, 0.1) is 32.0 Å². The van der Waals surface area contributed by atoms with Gasteiger partial charge in [0.25, 0.3) is 0 Å². The van der Waals surface area contributed by atoms with Crippen LogP contribution in [0, 0.1) is 0 Å². The Labute approximate surface area is 248 Å². The lowest BCUT2D eigenvalue weighted by Crippen LogP contribution is -2.56. The molecule has 1 aliphatic carbocycles. The lowest BCUT2D eigenvalue weighted by atomic mass is 9.72. The summed E-state index contributed by atoms with van der Waals surface area (Å²) in [6.07, 6.45) is 14.7.